The third-order valence-corrected chi connectivity index (χ3v) is 3.87. The third kappa shape index (κ3) is 2.46. The lowest BCUT2D eigenvalue weighted by Gasteiger charge is -2.24. The highest BCUT2D eigenvalue weighted by molar-refractivity contribution is 9.10. The zero-order chi connectivity index (χ0) is 11.8. The highest BCUT2D eigenvalue weighted by Crippen LogP contribution is 2.28. The summed E-state index contributed by atoms with van der Waals surface area (Å²) in [5, 5.41) is 3.06. The third-order valence-electron chi connectivity index (χ3n) is 3.13. The molecule has 3 heteroatoms. The molecule has 1 heterocycles. The van der Waals surface area contributed by atoms with Crippen molar-refractivity contribution in [1.29, 1.82) is 0 Å². The largest absolute Gasteiger partial charge is 0.351 e. The summed E-state index contributed by atoms with van der Waals surface area (Å²) in [6.07, 6.45) is 2.46. The number of hydrogen-bond donors (Lipinski definition) is 1. The van der Waals surface area contributed by atoms with Crippen molar-refractivity contribution in [2.75, 3.05) is 0 Å². The quantitative estimate of drug-likeness (QED) is 0.887. The van der Waals surface area contributed by atoms with Gasteiger partial charge in [-0.15, -0.1) is 0 Å². The van der Waals surface area contributed by atoms with Gasteiger partial charge in [0.1, 0.15) is 0 Å². The first-order valence-electron chi connectivity index (χ1n) is 5.55. The molecule has 1 atom stereocenters. The number of hydrogen-bond acceptors (Lipinski definition) is 1. The van der Waals surface area contributed by atoms with Crippen LogP contribution in [0.1, 0.15) is 30.9 Å². The molecule has 1 amide bonds. The van der Waals surface area contributed by atoms with E-state index in [0.29, 0.717) is 6.42 Å². The van der Waals surface area contributed by atoms with E-state index in [-0.39, 0.29) is 11.4 Å². The maximum Gasteiger partial charge on any atom is 0.220 e. The van der Waals surface area contributed by atoms with E-state index < -0.39 is 0 Å². The summed E-state index contributed by atoms with van der Waals surface area (Å²) in [5.74, 6) is 0.172. The number of amides is 1. The maximum atomic E-state index is 11.3. The van der Waals surface area contributed by atoms with Crippen LogP contribution in [0.25, 0.3) is 0 Å². The molecule has 1 aromatic carbocycles. The van der Waals surface area contributed by atoms with Crippen molar-refractivity contribution in [3.63, 3.8) is 0 Å². The first-order chi connectivity index (χ1) is 7.48. The topological polar surface area (TPSA) is 29.1 Å². The van der Waals surface area contributed by atoms with Crippen molar-refractivity contribution < 1.29 is 4.79 Å². The molecule has 16 heavy (non-hydrogen) atoms. The van der Waals surface area contributed by atoms with Gasteiger partial charge in [-0.25, -0.2) is 0 Å². The zero-order valence-corrected chi connectivity index (χ0v) is 11.2. The predicted octanol–water partition coefficient (Wildman–Crippen LogP) is 2.97. The summed E-state index contributed by atoms with van der Waals surface area (Å²) in [7, 11) is 0. The van der Waals surface area contributed by atoms with E-state index in [9.17, 15) is 4.79 Å². The monoisotopic (exact) mass is 281 g/mol. The lowest BCUT2D eigenvalue weighted by atomic mass is 9.91. The number of carbonyl (C=O) groups is 1. The molecule has 0 saturated carbocycles. The molecule has 1 unspecified atom stereocenters. The smallest absolute Gasteiger partial charge is 0.220 e. The van der Waals surface area contributed by atoms with Gasteiger partial charge in [-0.1, -0.05) is 28.1 Å². The van der Waals surface area contributed by atoms with Crippen LogP contribution in [-0.2, 0) is 11.2 Å². The molecular weight excluding hydrogens is 266 g/mol. The number of benzene rings is 1. The Morgan fingerprint density at radius 1 is 1.50 bits per heavy atom. The summed E-state index contributed by atoms with van der Waals surface area (Å²) in [6.45, 7) is 4.19. The normalized spacial score (nSPS) is 24.6. The summed E-state index contributed by atoms with van der Waals surface area (Å²) in [4.78, 5) is 11.3. The SMILES string of the molecule is Cc1ccc(CC2(C)CCC(=O)N2)c(Br)c1. The van der Waals surface area contributed by atoms with Gasteiger partial charge in [-0.2, -0.15) is 0 Å². The van der Waals surface area contributed by atoms with Gasteiger partial charge in [0.15, 0.2) is 0 Å². The minimum atomic E-state index is -0.0745. The van der Waals surface area contributed by atoms with Crippen LogP contribution < -0.4 is 5.32 Å². The Balaban J connectivity index is 2.17. The van der Waals surface area contributed by atoms with Gasteiger partial charge >= 0.3 is 0 Å². The van der Waals surface area contributed by atoms with Gasteiger partial charge in [0, 0.05) is 16.4 Å². The van der Waals surface area contributed by atoms with E-state index >= 15 is 0 Å². The van der Waals surface area contributed by atoms with Crippen LogP contribution in [0, 0.1) is 6.92 Å². The van der Waals surface area contributed by atoms with E-state index in [0.717, 1.165) is 17.3 Å². The van der Waals surface area contributed by atoms with Gasteiger partial charge in [-0.3, -0.25) is 4.79 Å². The van der Waals surface area contributed by atoms with Crippen LogP contribution in [0.5, 0.6) is 0 Å². The fourth-order valence-corrected chi connectivity index (χ4v) is 2.83. The average molecular weight is 282 g/mol. The molecule has 2 nitrogen and oxygen atoms in total. The van der Waals surface area contributed by atoms with Crippen LogP contribution >= 0.6 is 15.9 Å². The van der Waals surface area contributed by atoms with Crippen molar-refractivity contribution in [1.82, 2.24) is 5.32 Å². The Morgan fingerprint density at radius 2 is 2.25 bits per heavy atom. The molecule has 1 N–H and O–H groups in total. The number of aryl methyl sites for hydroxylation is 1. The molecule has 0 radical (unpaired) electrons. The molecule has 0 aliphatic carbocycles. The predicted molar refractivity (Wildman–Crippen MR) is 68.4 cm³/mol. The first-order valence-corrected chi connectivity index (χ1v) is 6.34. The Labute approximate surface area is 105 Å². The van der Waals surface area contributed by atoms with Crippen LogP contribution in [-0.4, -0.2) is 11.4 Å². The van der Waals surface area contributed by atoms with Crippen LogP contribution in [0.3, 0.4) is 0 Å². The molecular formula is C13H16BrNO. The zero-order valence-electron chi connectivity index (χ0n) is 9.64. The van der Waals surface area contributed by atoms with Crippen molar-refractivity contribution in [3.8, 4) is 0 Å². The lowest BCUT2D eigenvalue weighted by Crippen LogP contribution is -2.40. The van der Waals surface area contributed by atoms with Gasteiger partial charge in [-0.05, 0) is 43.9 Å². The van der Waals surface area contributed by atoms with Crippen molar-refractivity contribution >= 4 is 21.8 Å². The van der Waals surface area contributed by atoms with Crippen LogP contribution in [0.4, 0.5) is 0 Å². The maximum absolute atomic E-state index is 11.3. The van der Waals surface area contributed by atoms with Gasteiger partial charge in [0.05, 0.1) is 0 Å². The minimum absolute atomic E-state index is 0.0745. The van der Waals surface area contributed by atoms with E-state index in [1.807, 2.05) is 0 Å². The molecule has 0 aromatic heterocycles. The van der Waals surface area contributed by atoms with Crippen molar-refractivity contribution in [3.05, 3.63) is 33.8 Å². The second kappa shape index (κ2) is 4.21. The van der Waals surface area contributed by atoms with Crippen molar-refractivity contribution in [2.45, 2.75) is 38.6 Å². The second-order valence-electron chi connectivity index (χ2n) is 4.88. The Morgan fingerprint density at radius 3 is 2.81 bits per heavy atom. The summed E-state index contributed by atoms with van der Waals surface area (Å²) < 4.78 is 1.13. The Hall–Kier alpha value is -0.830. The molecule has 1 aliphatic rings. The van der Waals surface area contributed by atoms with Crippen LogP contribution in [0.2, 0.25) is 0 Å². The molecule has 1 saturated heterocycles. The molecule has 1 aromatic rings. The molecule has 0 spiro atoms. The lowest BCUT2D eigenvalue weighted by molar-refractivity contribution is -0.119. The molecule has 2 rings (SSSR count). The second-order valence-corrected chi connectivity index (χ2v) is 5.73. The fraction of sp³-hybridized carbons (Fsp3) is 0.462. The highest BCUT2D eigenvalue weighted by atomic mass is 79.9. The molecule has 86 valence electrons. The van der Waals surface area contributed by atoms with E-state index in [1.54, 1.807) is 0 Å². The molecule has 0 bridgehead atoms. The minimum Gasteiger partial charge on any atom is -0.351 e. The molecule has 1 fully saturated rings. The summed E-state index contributed by atoms with van der Waals surface area (Å²) in [5.41, 5.74) is 2.43. The Bertz CT molecular complexity index is 430. The van der Waals surface area contributed by atoms with Crippen molar-refractivity contribution in [2.24, 2.45) is 0 Å². The number of rotatable bonds is 2. The standard InChI is InChI=1S/C13H16BrNO/c1-9-3-4-10(11(14)7-9)8-13(2)6-5-12(16)15-13/h3-4,7H,5-6,8H2,1-2H3,(H,15,16). The highest BCUT2D eigenvalue weighted by Gasteiger charge is 2.33. The summed E-state index contributed by atoms with van der Waals surface area (Å²) in [6, 6.07) is 6.37. The van der Waals surface area contributed by atoms with Crippen LogP contribution in [0.15, 0.2) is 22.7 Å². The van der Waals surface area contributed by atoms with Gasteiger partial charge in [0.25, 0.3) is 0 Å². The Kier molecular flexibility index (Phi) is 3.06. The summed E-state index contributed by atoms with van der Waals surface area (Å²) >= 11 is 3.58. The van der Waals surface area contributed by atoms with E-state index in [2.05, 4.69) is 53.3 Å². The first kappa shape index (κ1) is 11.6. The van der Waals surface area contributed by atoms with Gasteiger partial charge in [0.2, 0.25) is 5.91 Å². The van der Waals surface area contributed by atoms with E-state index in [1.165, 1.54) is 11.1 Å². The van der Waals surface area contributed by atoms with Gasteiger partial charge < -0.3 is 5.32 Å². The average Bonchev–Trinajstić information content (AvgIpc) is 2.52. The molecule has 1 aliphatic heterocycles. The van der Waals surface area contributed by atoms with E-state index in [4.69, 9.17) is 0 Å². The number of carbonyl (C=O) groups excluding carboxylic acids is 1. The number of nitrogens with one attached hydrogen (secondary N) is 1. The fourth-order valence-electron chi connectivity index (χ4n) is 2.20. The number of halogens is 1.